The van der Waals surface area contributed by atoms with Gasteiger partial charge in [0.2, 0.25) is 0 Å². The second kappa shape index (κ2) is 4.19. The van der Waals surface area contributed by atoms with Crippen molar-refractivity contribution in [3.63, 3.8) is 0 Å². The van der Waals surface area contributed by atoms with Crippen LogP contribution in [-0.2, 0) is 0 Å². The highest BCUT2D eigenvalue weighted by Crippen LogP contribution is 2.14. The van der Waals surface area contributed by atoms with Crippen molar-refractivity contribution >= 4 is 0 Å². The molecule has 0 radical (unpaired) electrons. The number of alkyl halides is 1. The minimum Gasteiger partial charge on any atom is -0.390 e. The van der Waals surface area contributed by atoms with Gasteiger partial charge in [0.05, 0.1) is 6.10 Å². The molecular weight excluding hydrogens is 157 g/mol. The summed E-state index contributed by atoms with van der Waals surface area (Å²) in [5, 5.41) is 9.13. The van der Waals surface area contributed by atoms with E-state index in [1.807, 2.05) is 0 Å². The molecule has 1 rings (SSSR count). The molecule has 0 saturated carbocycles. The lowest BCUT2D eigenvalue weighted by atomic mass is 10.0. The number of aliphatic hydroxyl groups excluding tert-OH is 1. The van der Waals surface area contributed by atoms with Crippen molar-refractivity contribution in [3.8, 4) is 0 Å². The van der Waals surface area contributed by atoms with Gasteiger partial charge in [-0.3, -0.25) is 4.90 Å². The van der Waals surface area contributed by atoms with Gasteiger partial charge in [0, 0.05) is 19.6 Å². The van der Waals surface area contributed by atoms with Crippen molar-refractivity contribution in [2.75, 3.05) is 19.6 Å². The fraction of sp³-hybridized carbons (Fsp3) is 1.00. The lowest BCUT2D eigenvalue weighted by Gasteiger charge is -2.33. The van der Waals surface area contributed by atoms with E-state index in [1.165, 1.54) is 0 Å². The van der Waals surface area contributed by atoms with Crippen molar-refractivity contribution in [3.05, 3.63) is 0 Å². The van der Waals surface area contributed by atoms with Crippen LogP contribution in [0.15, 0.2) is 0 Å². The molecule has 0 aliphatic carbocycles. The Balaban J connectivity index is 2.30. The summed E-state index contributed by atoms with van der Waals surface area (Å²) >= 11 is 0. The molecule has 12 heavy (non-hydrogen) atoms. The first-order chi connectivity index (χ1) is 5.59. The Hall–Kier alpha value is -0.150. The molecule has 1 aliphatic rings. The van der Waals surface area contributed by atoms with Gasteiger partial charge in [-0.15, -0.1) is 0 Å². The summed E-state index contributed by atoms with van der Waals surface area (Å²) in [7, 11) is 0. The number of aliphatic hydroxyl groups is 1. The number of halogens is 1. The number of rotatable bonds is 2. The van der Waals surface area contributed by atoms with Gasteiger partial charge in [-0.2, -0.15) is 0 Å². The molecule has 1 saturated heterocycles. The van der Waals surface area contributed by atoms with Crippen LogP contribution in [0.5, 0.6) is 0 Å². The second-order valence-electron chi connectivity index (χ2n) is 4.03. The molecule has 1 fully saturated rings. The van der Waals surface area contributed by atoms with Gasteiger partial charge in [0.25, 0.3) is 0 Å². The van der Waals surface area contributed by atoms with Crippen LogP contribution in [0.3, 0.4) is 0 Å². The summed E-state index contributed by atoms with van der Waals surface area (Å²) in [5.41, 5.74) is 0. The molecule has 1 N–H and O–H groups in total. The van der Waals surface area contributed by atoms with E-state index in [-0.39, 0.29) is 0 Å². The van der Waals surface area contributed by atoms with Gasteiger partial charge in [-0.25, -0.2) is 4.39 Å². The fourth-order valence-electron chi connectivity index (χ4n) is 1.64. The highest BCUT2D eigenvalue weighted by molar-refractivity contribution is 4.79. The SMILES string of the molecule is CC(C)CN1CCC(O)C(F)C1. The van der Waals surface area contributed by atoms with Crippen LogP contribution >= 0.6 is 0 Å². The molecule has 2 atom stereocenters. The van der Waals surface area contributed by atoms with Gasteiger partial charge in [-0.05, 0) is 12.3 Å². The Kier molecular flexibility index (Phi) is 3.47. The maximum atomic E-state index is 13.0. The zero-order valence-electron chi connectivity index (χ0n) is 7.83. The van der Waals surface area contributed by atoms with E-state index in [0.717, 1.165) is 13.1 Å². The molecule has 72 valence electrons. The summed E-state index contributed by atoms with van der Waals surface area (Å²) < 4.78 is 13.0. The van der Waals surface area contributed by atoms with Gasteiger partial charge in [-0.1, -0.05) is 13.8 Å². The van der Waals surface area contributed by atoms with Crippen LogP contribution in [0.2, 0.25) is 0 Å². The summed E-state index contributed by atoms with van der Waals surface area (Å²) in [4.78, 5) is 2.09. The van der Waals surface area contributed by atoms with Crippen molar-refractivity contribution in [2.45, 2.75) is 32.5 Å². The Morgan fingerprint density at radius 3 is 2.75 bits per heavy atom. The van der Waals surface area contributed by atoms with E-state index in [9.17, 15) is 4.39 Å². The van der Waals surface area contributed by atoms with E-state index < -0.39 is 12.3 Å². The van der Waals surface area contributed by atoms with Gasteiger partial charge in [0.1, 0.15) is 6.17 Å². The first-order valence-electron chi connectivity index (χ1n) is 4.64. The van der Waals surface area contributed by atoms with E-state index in [1.54, 1.807) is 0 Å². The average Bonchev–Trinajstić information content (AvgIpc) is 1.96. The van der Waals surface area contributed by atoms with Crippen molar-refractivity contribution < 1.29 is 9.50 Å². The minimum atomic E-state index is -1.04. The van der Waals surface area contributed by atoms with Crippen LogP contribution < -0.4 is 0 Å². The highest BCUT2D eigenvalue weighted by atomic mass is 19.1. The highest BCUT2D eigenvalue weighted by Gasteiger charge is 2.27. The molecule has 0 amide bonds. The summed E-state index contributed by atoms with van der Waals surface area (Å²) in [6.07, 6.45) is -1.20. The average molecular weight is 175 g/mol. The number of hydrogen-bond donors (Lipinski definition) is 1. The zero-order valence-corrected chi connectivity index (χ0v) is 7.83. The summed E-state index contributed by atoms with van der Waals surface area (Å²) in [6.45, 7) is 6.42. The molecule has 0 bridgehead atoms. The van der Waals surface area contributed by atoms with Gasteiger partial charge in [0.15, 0.2) is 0 Å². The van der Waals surface area contributed by atoms with E-state index in [2.05, 4.69) is 18.7 Å². The largest absolute Gasteiger partial charge is 0.390 e. The molecule has 3 heteroatoms. The van der Waals surface area contributed by atoms with Gasteiger partial charge < -0.3 is 5.11 Å². The predicted octanol–water partition coefficient (Wildman–Crippen LogP) is 1.05. The molecule has 1 heterocycles. The van der Waals surface area contributed by atoms with E-state index in [0.29, 0.717) is 18.9 Å². The quantitative estimate of drug-likeness (QED) is 0.678. The Bertz CT molecular complexity index is 140. The second-order valence-corrected chi connectivity index (χ2v) is 4.03. The maximum absolute atomic E-state index is 13.0. The predicted molar refractivity (Wildman–Crippen MR) is 46.8 cm³/mol. The van der Waals surface area contributed by atoms with E-state index >= 15 is 0 Å². The topological polar surface area (TPSA) is 23.5 Å². The molecule has 1 aliphatic heterocycles. The molecule has 0 aromatic heterocycles. The Morgan fingerprint density at radius 1 is 1.58 bits per heavy atom. The van der Waals surface area contributed by atoms with Crippen LogP contribution in [0.25, 0.3) is 0 Å². The lowest BCUT2D eigenvalue weighted by Crippen LogP contribution is -2.45. The number of nitrogens with zero attached hydrogens (tertiary/aromatic N) is 1. The third-order valence-electron chi connectivity index (χ3n) is 2.21. The molecule has 2 unspecified atom stereocenters. The number of likely N-dealkylation sites (tertiary alicyclic amines) is 1. The molecule has 2 nitrogen and oxygen atoms in total. The fourth-order valence-corrected chi connectivity index (χ4v) is 1.64. The maximum Gasteiger partial charge on any atom is 0.138 e. The van der Waals surface area contributed by atoms with Crippen LogP contribution in [0, 0.1) is 5.92 Å². The van der Waals surface area contributed by atoms with Gasteiger partial charge >= 0.3 is 0 Å². The Morgan fingerprint density at radius 2 is 2.25 bits per heavy atom. The Labute approximate surface area is 73.4 Å². The molecule has 0 aromatic carbocycles. The monoisotopic (exact) mass is 175 g/mol. The number of hydrogen-bond acceptors (Lipinski definition) is 2. The van der Waals surface area contributed by atoms with Crippen molar-refractivity contribution in [2.24, 2.45) is 5.92 Å². The third-order valence-corrected chi connectivity index (χ3v) is 2.21. The standard InChI is InChI=1S/C9H18FNO/c1-7(2)5-11-4-3-9(12)8(10)6-11/h7-9,12H,3-6H2,1-2H3. The molecule has 0 aromatic rings. The zero-order chi connectivity index (χ0) is 9.14. The van der Waals surface area contributed by atoms with E-state index in [4.69, 9.17) is 5.11 Å². The first-order valence-corrected chi connectivity index (χ1v) is 4.64. The van der Waals surface area contributed by atoms with Crippen LogP contribution in [0.4, 0.5) is 4.39 Å². The first kappa shape index (κ1) is 9.93. The third kappa shape index (κ3) is 2.72. The van der Waals surface area contributed by atoms with Crippen molar-refractivity contribution in [1.29, 1.82) is 0 Å². The molecule has 0 spiro atoms. The smallest absolute Gasteiger partial charge is 0.138 e. The summed E-state index contributed by atoms with van der Waals surface area (Å²) in [5.74, 6) is 0.576. The van der Waals surface area contributed by atoms with Crippen LogP contribution in [0.1, 0.15) is 20.3 Å². The lowest BCUT2D eigenvalue weighted by molar-refractivity contribution is 0.00331. The normalized spacial score (nSPS) is 32.8. The van der Waals surface area contributed by atoms with Crippen molar-refractivity contribution in [1.82, 2.24) is 4.90 Å². The van der Waals surface area contributed by atoms with Crippen LogP contribution in [-0.4, -0.2) is 41.9 Å². The minimum absolute atomic E-state index is 0.402. The molecular formula is C9H18FNO. The summed E-state index contributed by atoms with van der Waals surface area (Å²) in [6, 6.07) is 0. The number of piperidine rings is 1.